The van der Waals surface area contributed by atoms with Crippen LogP contribution >= 0.6 is 23.2 Å². The van der Waals surface area contributed by atoms with Crippen molar-refractivity contribution in [2.75, 3.05) is 6.54 Å². The monoisotopic (exact) mass is 496 g/mol. The van der Waals surface area contributed by atoms with Gasteiger partial charge in [-0.25, -0.2) is 0 Å². The van der Waals surface area contributed by atoms with Gasteiger partial charge in [-0.2, -0.15) is 0 Å². The van der Waals surface area contributed by atoms with Crippen molar-refractivity contribution in [3.05, 3.63) is 106 Å². The van der Waals surface area contributed by atoms with Crippen LogP contribution < -0.4 is 5.32 Å². The highest BCUT2D eigenvalue weighted by molar-refractivity contribution is 6.42. The maximum Gasteiger partial charge on any atom is 0.242 e. The topological polar surface area (TPSA) is 49.4 Å². The second kappa shape index (κ2) is 12.6. The van der Waals surface area contributed by atoms with E-state index < -0.39 is 6.04 Å². The minimum atomic E-state index is -0.638. The average Bonchev–Trinajstić information content (AvgIpc) is 2.86. The highest BCUT2D eigenvalue weighted by Crippen LogP contribution is 2.30. The molecule has 3 rings (SSSR count). The molecule has 3 aromatic carbocycles. The number of nitrogens with zero attached hydrogens (tertiary/aromatic N) is 1. The van der Waals surface area contributed by atoms with Gasteiger partial charge in [-0.3, -0.25) is 9.59 Å². The van der Waals surface area contributed by atoms with Gasteiger partial charge >= 0.3 is 0 Å². The van der Waals surface area contributed by atoms with Crippen molar-refractivity contribution < 1.29 is 9.59 Å². The van der Waals surface area contributed by atoms with E-state index in [0.717, 1.165) is 23.1 Å². The van der Waals surface area contributed by atoms with Crippen molar-refractivity contribution in [2.24, 2.45) is 0 Å². The van der Waals surface area contributed by atoms with E-state index in [9.17, 15) is 9.59 Å². The van der Waals surface area contributed by atoms with Gasteiger partial charge in [0.1, 0.15) is 6.04 Å². The van der Waals surface area contributed by atoms with Crippen LogP contribution in [0.1, 0.15) is 49.3 Å². The molecule has 0 saturated heterocycles. The lowest BCUT2D eigenvalue weighted by molar-refractivity contribution is -0.140. The molecular weight excluding hydrogens is 467 g/mol. The lowest BCUT2D eigenvalue weighted by Gasteiger charge is -2.30. The lowest BCUT2D eigenvalue weighted by Crippen LogP contribution is -2.48. The summed E-state index contributed by atoms with van der Waals surface area (Å²) in [5.74, 6) is -0.411. The van der Waals surface area contributed by atoms with Gasteiger partial charge in [0, 0.05) is 25.4 Å². The summed E-state index contributed by atoms with van der Waals surface area (Å²) in [5.41, 5.74) is 2.92. The fraction of sp³-hybridized carbons (Fsp3) is 0.286. The molecule has 1 unspecified atom stereocenters. The molecule has 0 radical (unpaired) electrons. The minimum Gasteiger partial charge on any atom is -0.354 e. The summed E-state index contributed by atoms with van der Waals surface area (Å²) in [6.07, 6.45) is 1.06. The number of nitrogens with one attached hydrogen (secondary N) is 1. The summed E-state index contributed by atoms with van der Waals surface area (Å²) in [4.78, 5) is 28.2. The maximum absolute atomic E-state index is 13.8. The summed E-state index contributed by atoms with van der Waals surface area (Å²) >= 11 is 12.3. The van der Waals surface area contributed by atoms with Crippen LogP contribution in [0.3, 0.4) is 0 Å². The number of halogens is 2. The summed E-state index contributed by atoms with van der Waals surface area (Å²) in [6, 6.07) is 24.6. The number of amides is 2. The third kappa shape index (κ3) is 6.85. The van der Waals surface area contributed by atoms with Gasteiger partial charge in [0.05, 0.1) is 10.0 Å². The quantitative estimate of drug-likeness (QED) is 0.350. The largest absolute Gasteiger partial charge is 0.354 e. The Morgan fingerprint density at radius 2 is 1.47 bits per heavy atom. The molecule has 0 aliphatic carbocycles. The number of carbonyl (C=O) groups excluding carboxylic acids is 2. The van der Waals surface area contributed by atoms with E-state index >= 15 is 0 Å². The highest BCUT2D eigenvalue weighted by Gasteiger charge is 2.29. The molecule has 1 N–H and O–H groups in total. The van der Waals surface area contributed by atoms with E-state index in [1.54, 1.807) is 24.0 Å². The highest BCUT2D eigenvalue weighted by atomic mass is 35.5. The van der Waals surface area contributed by atoms with Crippen molar-refractivity contribution in [3.63, 3.8) is 0 Å². The fourth-order valence-electron chi connectivity index (χ4n) is 3.90. The molecule has 0 aromatic heterocycles. The predicted molar refractivity (Wildman–Crippen MR) is 139 cm³/mol. The van der Waals surface area contributed by atoms with E-state index in [1.807, 2.05) is 73.7 Å². The van der Waals surface area contributed by atoms with Crippen LogP contribution in [0.2, 0.25) is 10.0 Å². The molecule has 0 spiro atoms. The fourth-order valence-corrected chi connectivity index (χ4v) is 4.22. The Morgan fingerprint density at radius 3 is 2.00 bits per heavy atom. The van der Waals surface area contributed by atoms with E-state index in [4.69, 9.17) is 23.2 Å². The normalized spacial score (nSPS) is 11.8. The Hall–Kier alpha value is -2.82. The Bertz CT molecular complexity index is 1050. The number of hydrogen-bond acceptors (Lipinski definition) is 2. The van der Waals surface area contributed by atoms with Crippen LogP contribution in [0.15, 0.2) is 78.9 Å². The second-order valence-electron chi connectivity index (χ2n) is 8.32. The van der Waals surface area contributed by atoms with Crippen LogP contribution in [0, 0.1) is 0 Å². The lowest BCUT2D eigenvalue weighted by atomic mass is 9.88. The van der Waals surface area contributed by atoms with Crippen LogP contribution in [0.25, 0.3) is 0 Å². The van der Waals surface area contributed by atoms with Crippen LogP contribution in [0.5, 0.6) is 0 Å². The van der Waals surface area contributed by atoms with E-state index in [0.29, 0.717) is 16.6 Å². The summed E-state index contributed by atoms with van der Waals surface area (Å²) in [6.45, 7) is 4.58. The molecule has 2 amide bonds. The first kappa shape index (κ1) is 25.8. The summed E-state index contributed by atoms with van der Waals surface area (Å²) in [7, 11) is 0. The standard InChI is InChI=1S/C28H30Cl2N2O2/c1-3-16-31-28(34)20(2)32(19-21-14-15-25(29)26(30)17-21)27(33)18-24(22-10-6-4-7-11-22)23-12-8-5-9-13-23/h4-15,17,20,24H,3,16,18-19H2,1-2H3,(H,31,34). The molecule has 6 heteroatoms. The number of rotatable bonds is 10. The minimum absolute atomic E-state index is 0.108. The Kier molecular flexibility index (Phi) is 9.55. The third-order valence-electron chi connectivity index (χ3n) is 5.84. The molecule has 0 bridgehead atoms. The molecule has 0 heterocycles. The van der Waals surface area contributed by atoms with Crippen molar-refractivity contribution in [3.8, 4) is 0 Å². The van der Waals surface area contributed by atoms with Crippen LogP contribution in [0.4, 0.5) is 0 Å². The van der Waals surface area contributed by atoms with Gasteiger partial charge in [0.25, 0.3) is 0 Å². The first-order valence-corrected chi connectivity index (χ1v) is 12.3. The SMILES string of the molecule is CCCNC(=O)C(C)N(Cc1ccc(Cl)c(Cl)c1)C(=O)CC(c1ccccc1)c1ccccc1. The molecule has 0 aliphatic rings. The second-order valence-corrected chi connectivity index (χ2v) is 9.13. The number of carbonyl (C=O) groups is 2. The number of benzene rings is 3. The zero-order valence-electron chi connectivity index (χ0n) is 19.5. The van der Waals surface area contributed by atoms with Gasteiger partial charge in [0.15, 0.2) is 0 Å². The zero-order valence-corrected chi connectivity index (χ0v) is 21.0. The third-order valence-corrected chi connectivity index (χ3v) is 6.58. The Balaban J connectivity index is 1.91. The van der Waals surface area contributed by atoms with Crippen molar-refractivity contribution in [1.29, 1.82) is 0 Å². The van der Waals surface area contributed by atoms with Crippen LogP contribution in [-0.2, 0) is 16.1 Å². The van der Waals surface area contributed by atoms with Crippen molar-refractivity contribution >= 4 is 35.0 Å². The Labute approximate surface area is 211 Å². The molecule has 4 nitrogen and oxygen atoms in total. The first-order chi connectivity index (χ1) is 16.4. The summed E-state index contributed by atoms with van der Waals surface area (Å²) in [5, 5.41) is 3.78. The van der Waals surface area contributed by atoms with E-state index in [2.05, 4.69) is 5.32 Å². The van der Waals surface area contributed by atoms with E-state index in [1.165, 1.54) is 0 Å². The Morgan fingerprint density at radius 1 is 0.882 bits per heavy atom. The molecule has 34 heavy (non-hydrogen) atoms. The van der Waals surface area contributed by atoms with Gasteiger partial charge < -0.3 is 10.2 Å². The van der Waals surface area contributed by atoms with Crippen LogP contribution in [-0.4, -0.2) is 29.3 Å². The molecule has 3 aromatic rings. The molecule has 0 saturated carbocycles. The maximum atomic E-state index is 13.8. The number of hydrogen-bond donors (Lipinski definition) is 1. The van der Waals surface area contributed by atoms with Gasteiger partial charge in [-0.15, -0.1) is 0 Å². The van der Waals surface area contributed by atoms with Gasteiger partial charge in [-0.1, -0.05) is 96.9 Å². The smallest absolute Gasteiger partial charge is 0.242 e. The predicted octanol–water partition coefficient (Wildman–Crippen LogP) is 6.46. The first-order valence-electron chi connectivity index (χ1n) is 11.5. The zero-order chi connectivity index (χ0) is 24.5. The molecule has 0 fully saturated rings. The van der Waals surface area contributed by atoms with E-state index in [-0.39, 0.29) is 30.7 Å². The average molecular weight is 497 g/mol. The van der Waals surface area contributed by atoms with Gasteiger partial charge in [0.2, 0.25) is 11.8 Å². The molecule has 178 valence electrons. The molecule has 0 aliphatic heterocycles. The molecular formula is C28H30Cl2N2O2. The molecule has 1 atom stereocenters. The van der Waals surface area contributed by atoms with Gasteiger partial charge in [-0.05, 0) is 42.2 Å². The van der Waals surface area contributed by atoms with Crippen molar-refractivity contribution in [1.82, 2.24) is 10.2 Å². The summed E-state index contributed by atoms with van der Waals surface area (Å²) < 4.78 is 0. The van der Waals surface area contributed by atoms with Crippen molar-refractivity contribution in [2.45, 2.75) is 45.2 Å².